The topological polar surface area (TPSA) is 50.8 Å². The molecule has 0 saturated carbocycles. The number of nitrogens with zero attached hydrogens (tertiary/aromatic N) is 1. The third-order valence-electron chi connectivity index (χ3n) is 2.59. The maximum absolute atomic E-state index is 11.6. The van der Waals surface area contributed by atoms with Crippen LogP contribution in [0.4, 0.5) is 0 Å². The zero-order chi connectivity index (χ0) is 13.9. The molecule has 1 N–H and O–H groups in total. The molecule has 0 fully saturated rings. The summed E-state index contributed by atoms with van der Waals surface area (Å²) in [7, 11) is 3.62. The Morgan fingerprint density at radius 3 is 2.60 bits per heavy atom. The van der Waals surface area contributed by atoms with Crippen LogP contribution in [0.2, 0.25) is 0 Å². The Hall–Kier alpha value is -1.30. The van der Waals surface area contributed by atoms with E-state index in [1.54, 1.807) is 11.9 Å². The van der Waals surface area contributed by atoms with Crippen LogP contribution in [0.3, 0.4) is 0 Å². The van der Waals surface area contributed by atoms with Gasteiger partial charge in [0.15, 0.2) is 0 Å². The molecular weight excluding hydrogens is 280 g/mol. The second kappa shape index (κ2) is 11.5. The average Bonchev–Trinajstić information content (AvgIpc) is 2.45. The highest BCUT2D eigenvalue weighted by Gasteiger charge is 2.07. The number of benzene rings is 1. The van der Waals surface area contributed by atoms with E-state index in [9.17, 15) is 4.79 Å². The summed E-state index contributed by atoms with van der Waals surface area (Å²) in [5.41, 5.74) is 0. The smallest absolute Gasteiger partial charge is 0.248 e. The molecule has 1 rings (SSSR count). The summed E-state index contributed by atoms with van der Waals surface area (Å²) in [6.07, 6.45) is 0. The van der Waals surface area contributed by atoms with Gasteiger partial charge < -0.3 is 19.7 Å². The molecule has 0 aliphatic heterocycles. The zero-order valence-electron chi connectivity index (χ0n) is 12.0. The number of halogens is 1. The van der Waals surface area contributed by atoms with Gasteiger partial charge in [-0.2, -0.15) is 0 Å². The van der Waals surface area contributed by atoms with Crippen LogP contribution in [0.5, 0.6) is 5.75 Å². The predicted molar refractivity (Wildman–Crippen MR) is 81.6 cm³/mol. The minimum absolute atomic E-state index is 0. The van der Waals surface area contributed by atoms with Gasteiger partial charge in [-0.3, -0.25) is 4.79 Å². The molecule has 0 spiro atoms. The summed E-state index contributed by atoms with van der Waals surface area (Å²) < 4.78 is 10.7. The van der Waals surface area contributed by atoms with E-state index in [0.717, 1.165) is 12.3 Å². The molecule has 0 aromatic heterocycles. The minimum atomic E-state index is -0.0186. The molecule has 1 aromatic carbocycles. The largest absolute Gasteiger partial charge is 0.491 e. The van der Waals surface area contributed by atoms with Gasteiger partial charge in [0.25, 0.3) is 0 Å². The molecule has 114 valence electrons. The van der Waals surface area contributed by atoms with E-state index in [4.69, 9.17) is 9.47 Å². The first-order valence-corrected chi connectivity index (χ1v) is 6.38. The van der Waals surface area contributed by atoms with Crippen molar-refractivity contribution in [3.05, 3.63) is 30.3 Å². The van der Waals surface area contributed by atoms with Crippen molar-refractivity contribution in [2.45, 2.75) is 0 Å². The van der Waals surface area contributed by atoms with Gasteiger partial charge in [0.1, 0.15) is 19.0 Å². The molecule has 1 amide bonds. The molecule has 0 heterocycles. The number of ether oxygens (including phenoxy) is 2. The molecule has 6 heteroatoms. The van der Waals surface area contributed by atoms with E-state index in [0.29, 0.717) is 19.8 Å². The highest BCUT2D eigenvalue weighted by Crippen LogP contribution is 2.07. The van der Waals surface area contributed by atoms with Gasteiger partial charge in [0, 0.05) is 20.1 Å². The minimum Gasteiger partial charge on any atom is -0.491 e. The number of hydrogen-bond acceptors (Lipinski definition) is 4. The summed E-state index contributed by atoms with van der Waals surface area (Å²) >= 11 is 0. The molecule has 0 unspecified atom stereocenters. The summed E-state index contributed by atoms with van der Waals surface area (Å²) in [5, 5.41) is 2.99. The van der Waals surface area contributed by atoms with Crippen LogP contribution in [0.15, 0.2) is 30.3 Å². The lowest BCUT2D eigenvalue weighted by atomic mass is 10.3. The molecule has 0 bridgehead atoms. The Kier molecular flexibility index (Phi) is 10.8. The van der Waals surface area contributed by atoms with Crippen LogP contribution in [0, 0.1) is 0 Å². The van der Waals surface area contributed by atoms with Crippen molar-refractivity contribution in [1.82, 2.24) is 10.2 Å². The first-order chi connectivity index (χ1) is 9.24. The van der Waals surface area contributed by atoms with Gasteiger partial charge in [0.2, 0.25) is 5.91 Å². The first-order valence-electron chi connectivity index (χ1n) is 6.38. The average molecular weight is 303 g/mol. The molecule has 0 aliphatic rings. The van der Waals surface area contributed by atoms with Gasteiger partial charge >= 0.3 is 0 Å². The third kappa shape index (κ3) is 7.99. The lowest BCUT2D eigenvalue weighted by Gasteiger charge is -2.16. The standard InChI is InChI=1S/C14H22N2O3.ClH/c1-15-8-9-16(2)14(17)12-18-10-11-19-13-6-4-3-5-7-13;/h3-7,15H,8-12H2,1-2H3;1H. The van der Waals surface area contributed by atoms with Crippen molar-refractivity contribution in [2.24, 2.45) is 0 Å². The maximum atomic E-state index is 11.6. The number of carbonyl (C=O) groups excluding carboxylic acids is 1. The molecule has 5 nitrogen and oxygen atoms in total. The number of para-hydroxylation sites is 1. The van der Waals surface area contributed by atoms with Gasteiger partial charge in [0.05, 0.1) is 6.61 Å². The van der Waals surface area contributed by atoms with E-state index in [-0.39, 0.29) is 24.9 Å². The Morgan fingerprint density at radius 1 is 1.25 bits per heavy atom. The van der Waals surface area contributed by atoms with Crippen molar-refractivity contribution < 1.29 is 14.3 Å². The van der Waals surface area contributed by atoms with Gasteiger partial charge in [-0.05, 0) is 19.2 Å². The summed E-state index contributed by atoms with van der Waals surface area (Å²) in [5.74, 6) is 0.790. The molecule has 0 atom stereocenters. The van der Waals surface area contributed by atoms with Crippen molar-refractivity contribution in [3.8, 4) is 5.75 Å². The fourth-order valence-corrected chi connectivity index (χ4v) is 1.41. The van der Waals surface area contributed by atoms with Crippen molar-refractivity contribution in [2.75, 3.05) is 47.0 Å². The van der Waals surface area contributed by atoms with Crippen LogP contribution in [0.1, 0.15) is 0 Å². The van der Waals surface area contributed by atoms with E-state index in [1.807, 2.05) is 37.4 Å². The van der Waals surface area contributed by atoms with Crippen LogP contribution in [0.25, 0.3) is 0 Å². The van der Waals surface area contributed by atoms with E-state index in [2.05, 4.69) is 5.32 Å². The van der Waals surface area contributed by atoms with Crippen molar-refractivity contribution in [1.29, 1.82) is 0 Å². The fraction of sp³-hybridized carbons (Fsp3) is 0.500. The monoisotopic (exact) mass is 302 g/mol. The Balaban J connectivity index is 0.00000361. The van der Waals surface area contributed by atoms with E-state index in [1.165, 1.54) is 0 Å². The number of hydrogen-bond donors (Lipinski definition) is 1. The Morgan fingerprint density at radius 2 is 1.95 bits per heavy atom. The fourth-order valence-electron chi connectivity index (χ4n) is 1.41. The molecule has 20 heavy (non-hydrogen) atoms. The lowest BCUT2D eigenvalue weighted by Crippen LogP contribution is -2.35. The molecule has 0 radical (unpaired) electrons. The molecule has 0 aliphatic carbocycles. The maximum Gasteiger partial charge on any atom is 0.248 e. The van der Waals surface area contributed by atoms with Crippen LogP contribution in [-0.4, -0.2) is 57.8 Å². The Bertz CT molecular complexity index is 363. The third-order valence-corrected chi connectivity index (χ3v) is 2.59. The summed E-state index contributed by atoms with van der Waals surface area (Å²) in [6, 6.07) is 9.53. The quantitative estimate of drug-likeness (QED) is 0.696. The first kappa shape index (κ1) is 18.7. The Labute approximate surface area is 126 Å². The summed E-state index contributed by atoms with van der Waals surface area (Å²) in [6.45, 7) is 2.40. The van der Waals surface area contributed by atoms with Gasteiger partial charge in [-0.25, -0.2) is 0 Å². The lowest BCUT2D eigenvalue weighted by molar-refractivity contribution is -0.134. The van der Waals surface area contributed by atoms with Crippen molar-refractivity contribution >= 4 is 18.3 Å². The van der Waals surface area contributed by atoms with E-state index >= 15 is 0 Å². The van der Waals surface area contributed by atoms with Crippen molar-refractivity contribution in [3.63, 3.8) is 0 Å². The second-order valence-corrected chi connectivity index (χ2v) is 4.13. The van der Waals surface area contributed by atoms with Crippen LogP contribution < -0.4 is 10.1 Å². The number of rotatable bonds is 9. The highest BCUT2D eigenvalue weighted by molar-refractivity contribution is 5.85. The molecular formula is C14H23ClN2O3. The summed E-state index contributed by atoms with van der Waals surface area (Å²) in [4.78, 5) is 13.3. The van der Waals surface area contributed by atoms with E-state index < -0.39 is 0 Å². The number of amides is 1. The molecule has 1 aromatic rings. The number of carbonyl (C=O) groups is 1. The van der Waals surface area contributed by atoms with Gasteiger partial charge in [-0.15, -0.1) is 12.4 Å². The zero-order valence-corrected chi connectivity index (χ0v) is 12.8. The number of nitrogens with one attached hydrogen (secondary N) is 1. The highest BCUT2D eigenvalue weighted by atomic mass is 35.5. The predicted octanol–water partition coefficient (Wildman–Crippen LogP) is 1.18. The molecule has 0 saturated heterocycles. The van der Waals surface area contributed by atoms with Crippen LogP contribution >= 0.6 is 12.4 Å². The van der Waals surface area contributed by atoms with Crippen LogP contribution in [-0.2, 0) is 9.53 Å². The van der Waals surface area contributed by atoms with Gasteiger partial charge in [-0.1, -0.05) is 18.2 Å². The SMILES string of the molecule is CNCCN(C)C(=O)COCCOc1ccccc1.Cl. The number of likely N-dealkylation sites (N-methyl/N-ethyl adjacent to an activating group) is 2. The normalized spacial score (nSPS) is 9.70. The second-order valence-electron chi connectivity index (χ2n) is 4.13.